The molecule has 3 aromatic rings. The number of hydrogen-bond acceptors (Lipinski definition) is 6. The summed E-state index contributed by atoms with van der Waals surface area (Å²) in [6, 6.07) is 16.6. The van der Waals surface area contributed by atoms with Crippen LogP contribution in [0.1, 0.15) is 18.1 Å². The van der Waals surface area contributed by atoms with E-state index in [0.29, 0.717) is 32.8 Å². The van der Waals surface area contributed by atoms with E-state index in [1.54, 1.807) is 31.2 Å². The van der Waals surface area contributed by atoms with Gasteiger partial charge in [-0.15, -0.1) is 0 Å². The topological polar surface area (TPSA) is 67.9 Å². The molecule has 1 aliphatic rings. The Labute approximate surface area is 228 Å². The fourth-order valence-corrected chi connectivity index (χ4v) is 5.07. The lowest BCUT2D eigenvalue weighted by molar-refractivity contribution is -0.118. The molecule has 3 aromatic carbocycles. The summed E-state index contributed by atoms with van der Waals surface area (Å²) >= 11 is 13.1. The monoisotopic (exact) mass is 556 g/mol. The molecular weight excluding hydrogens is 535 g/mol. The van der Waals surface area contributed by atoms with Crippen molar-refractivity contribution < 1.29 is 23.5 Å². The van der Waals surface area contributed by atoms with E-state index < -0.39 is 18.3 Å². The SMILES string of the molecule is CCOc1cc(/C=C2\SC(=S)N(c3ccc(C)cc3)C2=O)cc(Cl)c1OCC(=O)Nc1ccccc1F. The molecule has 6 nitrogen and oxygen atoms in total. The number of rotatable bonds is 8. The number of nitrogens with zero attached hydrogens (tertiary/aromatic N) is 1. The molecule has 0 saturated carbocycles. The molecule has 0 aromatic heterocycles. The largest absolute Gasteiger partial charge is 0.490 e. The Hall–Kier alpha value is -3.40. The molecule has 0 bridgehead atoms. The normalized spacial score (nSPS) is 14.3. The fraction of sp³-hybridized carbons (Fsp3) is 0.148. The van der Waals surface area contributed by atoms with Crippen molar-refractivity contribution >= 4 is 69.2 Å². The molecule has 0 atom stereocenters. The van der Waals surface area contributed by atoms with Crippen LogP contribution in [-0.2, 0) is 9.59 Å². The lowest BCUT2D eigenvalue weighted by Gasteiger charge is -2.15. The van der Waals surface area contributed by atoms with E-state index >= 15 is 0 Å². The molecule has 1 aliphatic heterocycles. The van der Waals surface area contributed by atoms with Crippen LogP contribution >= 0.6 is 35.6 Å². The molecule has 10 heteroatoms. The first-order chi connectivity index (χ1) is 17.8. The van der Waals surface area contributed by atoms with Crippen molar-refractivity contribution in [3.8, 4) is 11.5 Å². The zero-order valence-electron chi connectivity index (χ0n) is 19.9. The van der Waals surface area contributed by atoms with Gasteiger partial charge >= 0.3 is 0 Å². The number of anilines is 2. The minimum absolute atomic E-state index is 0.0468. The van der Waals surface area contributed by atoms with Crippen molar-refractivity contribution in [2.45, 2.75) is 13.8 Å². The number of carbonyl (C=O) groups excluding carboxylic acids is 2. The Morgan fingerprint density at radius 2 is 1.89 bits per heavy atom. The molecule has 1 fully saturated rings. The average Bonchev–Trinajstić information content (AvgIpc) is 3.13. The number of hydrogen-bond donors (Lipinski definition) is 1. The maximum absolute atomic E-state index is 13.8. The molecule has 190 valence electrons. The summed E-state index contributed by atoms with van der Waals surface area (Å²) in [7, 11) is 0. The van der Waals surface area contributed by atoms with Gasteiger partial charge in [0.05, 0.1) is 27.9 Å². The summed E-state index contributed by atoms with van der Waals surface area (Å²) in [6.45, 7) is 3.66. The molecule has 2 amide bonds. The molecule has 0 radical (unpaired) electrons. The van der Waals surface area contributed by atoms with Gasteiger partial charge < -0.3 is 14.8 Å². The summed E-state index contributed by atoms with van der Waals surface area (Å²) < 4.78 is 25.5. The quantitative estimate of drug-likeness (QED) is 0.249. The predicted molar refractivity (Wildman–Crippen MR) is 150 cm³/mol. The smallest absolute Gasteiger partial charge is 0.270 e. The number of halogens is 2. The highest BCUT2D eigenvalue weighted by Crippen LogP contribution is 2.40. The number of nitrogens with one attached hydrogen (secondary N) is 1. The van der Waals surface area contributed by atoms with Crippen LogP contribution in [-0.4, -0.2) is 29.3 Å². The van der Waals surface area contributed by atoms with Gasteiger partial charge in [-0.05, 0) is 61.9 Å². The Morgan fingerprint density at radius 1 is 1.16 bits per heavy atom. The number of ether oxygens (including phenoxy) is 2. The molecule has 0 spiro atoms. The molecular formula is C27H22ClFN2O4S2. The first-order valence-electron chi connectivity index (χ1n) is 11.2. The standard InChI is InChI=1S/C27H22ClFN2O4S2/c1-3-34-22-13-17(14-23-26(33)31(27(36)37-23)18-10-8-16(2)9-11-18)12-19(28)25(22)35-15-24(32)30-21-7-5-4-6-20(21)29/h4-14H,3,15H2,1-2H3,(H,30,32)/b23-14-. The number of carbonyl (C=O) groups is 2. The average molecular weight is 557 g/mol. The van der Waals surface area contributed by atoms with Gasteiger partial charge in [0.2, 0.25) is 0 Å². The van der Waals surface area contributed by atoms with Crippen LogP contribution in [0.2, 0.25) is 5.02 Å². The Balaban J connectivity index is 1.53. The summed E-state index contributed by atoms with van der Waals surface area (Å²) in [4.78, 5) is 27.3. The summed E-state index contributed by atoms with van der Waals surface area (Å²) in [5.41, 5.74) is 2.42. The number of thioether (sulfide) groups is 1. The third-order valence-corrected chi connectivity index (χ3v) is 6.79. The zero-order chi connectivity index (χ0) is 26.5. The Bertz CT molecular complexity index is 1400. The molecule has 1 heterocycles. The van der Waals surface area contributed by atoms with Gasteiger partial charge in [0, 0.05) is 0 Å². The van der Waals surface area contributed by atoms with Gasteiger partial charge in [-0.1, -0.05) is 65.4 Å². The summed E-state index contributed by atoms with van der Waals surface area (Å²) in [5.74, 6) is -0.892. The van der Waals surface area contributed by atoms with E-state index in [4.69, 9.17) is 33.3 Å². The highest BCUT2D eigenvalue weighted by molar-refractivity contribution is 8.27. The first kappa shape index (κ1) is 26.7. The molecule has 0 unspecified atom stereocenters. The van der Waals surface area contributed by atoms with Gasteiger partial charge in [0.25, 0.3) is 11.8 Å². The van der Waals surface area contributed by atoms with Crippen molar-refractivity contribution in [2.24, 2.45) is 0 Å². The van der Waals surface area contributed by atoms with E-state index in [0.717, 1.165) is 5.56 Å². The van der Waals surface area contributed by atoms with Gasteiger partial charge in [-0.3, -0.25) is 14.5 Å². The van der Waals surface area contributed by atoms with Crippen molar-refractivity contribution in [2.75, 3.05) is 23.4 Å². The van der Waals surface area contributed by atoms with Crippen molar-refractivity contribution in [1.29, 1.82) is 0 Å². The lowest BCUT2D eigenvalue weighted by Crippen LogP contribution is -2.27. The van der Waals surface area contributed by atoms with E-state index in [1.807, 2.05) is 31.2 Å². The number of aryl methyl sites for hydroxylation is 1. The van der Waals surface area contributed by atoms with Crippen molar-refractivity contribution in [3.63, 3.8) is 0 Å². The zero-order valence-corrected chi connectivity index (χ0v) is 22.3. The molecule has 0 aliphatic carbocycles. The van der Waals surface area contributed by atoms with Crippen molar-refractivity contribution in [3.05, 3.63) is 87.5 Å². The fourth-order valence-electron chi connectivity index (χ4n) is 3.50. The van der Waals surface area contributed by atoms with Crippen LogP contribution < -0.4 is 19.7 Å². The van der Waals surface area contributed by atoms with Crippen LogP contribution in [0.25, 0.3) is 6.08 Å². The third-order valence-electron chi connectivity index (χ3n) is 5.21. The molecule has 37 heavy (non-hydrogen) atoms. The second-order valence-electron chi connectivity index (χ2n) is 7.93. The maximum atomic E-state index is 13.8. The van der Waals surface area contributed by atoms with Gasteiger partial charge in [-0.2, -0.15) is 0 Å². The second-order valence-corrected chi connectivity index (χ2v) is 10.0. The van der Waals surface area contributed by atoms with Crippen LogP contribution in [0.4, 0.5) is 15.8 Å². The lowest BCUT2D eigenvalue weighted by atomic mass is 10.1. The van der Waals surface area contributed by atoms with E-state index in [2.05, 4.69) is 5.32 Å². The number of amides is 2. The number of thiocarbonyl (C=S) groups is 1. The Kier molecular flexibility index (Phi) is 8.48. The summed E-state index contributed by atoms with van der Waals surface area (Å²) in [6.07, 6.45) is 1.68. The van der Waals surface area contributed by atoms with Crippen LogP contribution in [0.15, 0.2) is 65.6 Å². The molecule has 1 saturated heterocycles. The van der Waals surface area contributed by atoms with Crippen LogP contribution in [0.3, 0.4) is 0 Å². The van der Waals surface area contributed by atoms with E-state index in [-0.39, 0.29) is 22.4 Å². The third kappa shape index (κ3) is 6.30. The minimum atomic E-state index is -0.563. The predicted octanol–water partition coefficient (Wildman–Crippen LogP) is 6.61. The van der Waals surface area contributed by atoms with Crippen LogP contribution in [0, 0.1) is 12.7 Å². The molecule has 4 rings (SSSR count). The highest BCUT2D eigenvalue weighted by Gasteiger charge is 2.33. The summed E-state index contributed by atoms with van der Waals surface area (Å²) in [5, 5.41) is 2.64. The Morgan fingerprint density at radius 3 is 2.59 bits per heavy atom. The van der Waals surface area contributed by atoms with Gasteiger partial charge in [0.1, 0.15) is 5.82 Å². The minimum Gasteiger partial charge on any atom is -0.490 e. The van der Waals surface area contributed by atoms with Crippen molar-refractivity contribution in [1.82, 2.24) is 0 Å². The number of para-hydroxylation sites is 1. The van der Waals surface area contributed by atoms with Crippen LogP contribution in [0.5, 0.6) is 11.5 Å². The molecule has 1 N–H and O–H groups in total. The number of benzene rings is 3. The maximum Gasteiger partial charge on any atom is 0.270 e. The van der Waals surface area contributed by atoms with Gasteiger partial charge in [-0.25, -0.2) is 4.39 Å². The van der Waals surface area contributed by atoms with Gasteiger partial charge in [0.15, 0.2) is 22.4 Å². The van der Waals surface area contributed by atoms with E-state index in [9.17, 15) is 14.0 Å². The first-order valence-corrected chi connectivity index (χ1v) is 12.8. The second kappa shape index (κ2) is 11.8. The van der Waals surface area contributed by atoms with E-state index in [1.165, 1.54) is 34.9 Å². The highest BCUT2D eigenvalue weighted by atomic mass is 35.5.